The molecule has 1 aromatic carbocycles. The molecule has 2 aromatic heterocycles. The number of carbonyl (C=O) groups is 2. The standard InChI is InChI=1S/C25H29N7O4S/c1-31(37(2,35)36)21-8-4-3-7-17(21)14-27-20-13-23(29-16-19(20)24(26)33)30-22-10-9-18(15-28-22)25(34)32-11-5-6-12-32/h3-4,7-10,13,15-16H,5-6,11-12,14H2,1-2H3,(H2,26,33)(H2,27,28,29,30). The van der Waals surface area contributed by atoms with E-state index in [1.165, 1.54) is 23.7 Å². The number of amides is 2. The van der Waals surface area contributed by atoms with E-state index in [4.69, 9.17) is 5.73 Å². The van der Waals surface area contributed by atoms with Crippen LogP contribution in [0.1, 0.15) is 39.1 Å². The van der Waals surface area contributed by atoms with Crippen molar-refractivity contribution in [2.75, 3.05) is 41.3 Å². The summed E-state index contributed by atoms with van der Waals surface area (Å²) in [6, 6.07) is 12.1. The van der Waals surface area contributed by atoms with Crippen molar-refractivity contribution >= 4 is 44.8 Å². The summed E-state index contributed by atoms with van der Waals surface area (Å²) in [5.74, 6) is 0.184. The Hall–Kier alpha value is -4.19. The smallest absolute Gasteiger partial charge is 0.255 e. The van der Waals surface area contributed by atoms with Gasteiger partial charge in [-0.15, -0.1) is 0 Å². The van der Waals surface area contributed by atoms with Crippen LogP contribution in [0.2, 0.25) is 0 Å². The lowest BCUT2D eigenvalue weighted by Crippen LogP contribution is -2.27. The maximum absolute atomic E-state index is 12.5. The number of anilines is 4. The number of carbonyl (C=O) groups excluding carboxylic acids is 2. The third-order valence-corrected chi connectivity index (χ3v) is 7.32. The molecule has 0 unspecified atom stereocenters. The number of likely N-dealkylation sites (tertiary alicyclic amines) is 1. The molecule has 0 bridgehead atoms. The molecule has 1 aliphatic rings. The van der Waals surface area contributed by atoms with Crippen LogP contribution >= 0.6 is 0 Å². The Labute approximate surface area is 215 Å². The van der Waals surface area contributed by atoms with Gasteiger partial charge in [0.15, 0.2) is 0 Å². The third kappa shape index (κ3) is 6.15. The van der Waals surface area contributed by atoms with Crippen molar-refractivity contribution in [3.8, 4) is 0 Å². The third-order valence-electron chi connectivity index (χ3n) is 6.13. The number of hydrogen-bond acceptors (Lipinski definition) is 8. The molecule has 0 radical (unpaired) electrons. The summed E-state index contributed by atoms with van der Waals surface area (Å²) < 4.78 is 25.3. The van der Waals surface area contributed by atoms with E-state index in [9.17, 15) is 18.0 Å². The van der Waals surface area contributed by atoms with Crippen molar-refractivity contribution in [1.29, 1.82) is 0 Å². The molecule has 0 spiro atoms. The second-order valence-corrected chi connectivity index (χ2v) is 10.8. The molecule has 1 fully saturated rings. The van der Waals surface area contributed by atoms with Crippen LogP contribution in [0.15, 0.2) is 54.9 Å². The van der Waals surface area contributed by atoms with E-state index in [0.717, 1.165) is 32.2 Å². The highest BCUT2D eigenvalue weighted by atomic mass is 32.2. The fourth-order valence-electron chi connectivity index (χ4n) is 4.03. The number of sulfonamides is 1. The zero-order valence-corrected chi connectivity index (χ0v) is 21.5. The van der Waals surface area contributed by atoms with Crippen LogP contribution in [0.4, 0.5) is 23.0 Å². The first-order chi connectivity index (χ1) is 17.6. The lowest BCUT2D eigenvalue weighted by atomic mass is 10.1. The molecule has 3 heterocycles. The summed E-state index contributed by atoms with van der Waals surface area (Å²) in [6.45, 7) is 1.75. The molecule has 4 N–H and O–H groups in total. The molecule has 12 heteroatoms. The Morgan fingerprint density at radius 1 is 1.05 bits per heavy atom. The van der Waals surface area contributed by atoms with Crippen LogP contribution in [0.3, 0.4) is 0 Å². The van der Waals surface area contributed by atoms with Gasteiger partial charge in [0, 0.05) is 45.1 Å². The molecule has 0 aliphatic carbocycles. The first-order valence-electron chi connectivity index (χ1n) is 11.7. The number of rotatable bonds is 9. The van der Waals surface area contributed by atoms with Crippen LogP contribution in [0.5, 0.6) is 0 Å². The number of nitrogens with one attached hydrogen (secondary N) is 2. The summed E-state index contributed by atoms with van der Waals surface area (Å²) in [6.07, 6.45) is 6.04. The van der Waals surface area contributed by atoms with Gasteiger partial charge in [-0.2, -0.15) is 0 Å². The second kappa shape index (κ2) is 10.8. The average Bonchev–Trinajstić information content (AvgIpc) is 3.42. The number of primary amides is 1. The van der Waals surface area contributed by atoms with E-state index in [0.29, 0.717) is 34.1 Å². The highest BCUT2D eigenvalue weighted by Crippen LogP contribution is 2.25. The Kier molecular flexibility index (Phi) is 7.58. The van der Waals surface area contributed by atoms with Crippen LogP contribution in [0.25, 0.3) is 0 Å². The van der Waals surface area contributed by atoms with Gasteiger partial charge in [0.25, 0.3) is 11.8 Å². The molecule has 0 atom stereocenters. The quantitative estimate of drug-likeness (QED) is 0.387. The van der Waals surface area contributed by atoms with E-state index in [1.54, 1.807) is 42.5 Å². The Morgan fingerprint density at radius 2 is 1.76 bits per heavy atom. The van der Waals surface area contributed by atoms with Crippen molar-refractivity contribution in [1.82, 2.24) is 14.9 Å². The fraction of sp³-hybridized carbons (Fsp3) is 0.280. The van der Waals surface area contributed by atoms with Crippen molar-refractivity contribution in [2.24, 2.45) is 5.73 Å². The molecule has 3 aromatic rings. The molecule has 2 amide bonds. The number of hydrogen-bond donors (Lipinski definition) is 3. The number of benzene rings is 1. The molecule has 0 saturated carbocycles. The van der Waals surface area contributed by atoms with Gasteiger partial charge in [0.05, 0.1) is 28.8 Å². The minimum Gasteiger partial charge on any atom is -0.380 e. The van der Waals surface area contributed by atoms with Gasteiger partial charge in [-0.3, -0.25) is 13.9 Å². The molecule has 11 nitrogen and oxygen atoms in total. The van der Waals surface area contributed by atoms with Gasteiger partial charge in [-0.25, -0.2) is 18.4 Å². The van der Waals surface area contributed by atoms with Crippen molar-refractivity contribution in [3.05, 3.63) is 71.5 Å². The van der Waals surface area contributed by atoms with Crippen molar-refractivity contribution in [3.63, 3.8) is 0 Å². The molecular weight excluding hydrogens is 494 g/mol. The van der Waals surface area contributed by atoms with E-state index in [2.05, 4.69) is 20.6 Å². The maximum atomic E-state index is 12.5. The van der Waals surface area contributed by atoms with Gasteiger partial charge in [-0.05, 0) is 36.6 Å². The van der Waals surface area contributed by atoms with E-state index in [1.807, 2.05) is 4.90 Å². The zero-order chi connectivity index (χ0) is 26.6. The number of pyridine rings is 2. The predicted molar refractivity (Wildman–Crippen MR) is 142 cm³/mol. The Balaban J connectivity index is 1.52. The first-order valence-corrected chi connectivity index (χ1v) is 13.6. The number of para-hydroxylation sites is 1. The lowest BCUT2D eigenvalue weighted by molar-refractivity contribution is 0.0792. The van der Waals surface area contributed by atoms with Gasteiger partial charge in [0.2, 0.25) is 10.0 Å². The molecule has 37 heavy (non-hydrogen) atoms. The second-order valence-electron chi connectivity index (χ2n) is 8.75. The largest absolute Gasteiger partial charge is 0.380 e. The molecule has 1 saturated heterocycles. The van der Waals surface area contributed by atoms with E-state index in [-0.39, 0.29) is 18.0 Å². The SMILES string of the molecule is CN(c1ccccc1CNc1cc(Nc2ccc(C(=O)N3CCCC3)cn2)ncc1C(N)=O)S(C)(=O)=O. The van der Waals surface area contributed by atoms with Crippen LogP contribution < -0.4 is 20.7 Å². The summed E-state index contributed by atoms with van der Waals surface area (Å²) >= 11 is 0. The fourth-order valence-corrected chi connectivity index (χ4v) is 4.57. The highest BCUT2D eigenvalue weighted by molar-refractivity contribution is 7.92. The maximum Gasteiger partial charge on any atom is 0.255 e. The lowest BCUT2D eigenvalue weighted by Gasteiger charge is -2.21. The van der Waals surface area contributed by atoms with Crippen molar-refractivity contribution < 1.29 is 18.0 Å². The molecule has 194 valence electrons. The van der Waals surface area contributed by atoms with Gasteiger partial charge in [-0.1, -0.05) is 18.2 Å². The summed E-state index contributed by atoms with van der Waals surface area (Å²) in [4.78, 5) is 34.9. The normalized spacial score (nSPS) is 13.3. The van der Waals surface area contributed by atoms with Crippen LogP contribution in [0, 0.1) is 0 Å². The average molecular weight is 524 g/mol. The number of nitrogens with zero attached hydrogens (tertiary/aromatic N) is 4. The molecule has 1 aliphatic heterocycles. The monoisotopic (exact) mass is 523 g/mol. The zero-order valence-electron chi connectivity index (χ0n) is 20.6. The van der Waals surface area contributed by atoms with E-state index >= 15 is 0 Å². The summed E-state index contributed by atoms with van der Waals surface area (Å²) in [5.41, 5.74) is 7.88. The first kappa shape index (κ1) is 25.9. The highest BCUT2D eigenvalue weighted by Gasteiger charge is 2.20. The topological polar surface area (TPSA) is 151 Å². The van der Waals surface area contributed by atoms with Crippen LogP contribution in [-0.4, -0.2) is 61.5 Å². The Bertz CT molecular complexity index is 1400. The Morgan fingerprint density at radius 3 is 2.41 bits per heavy atom. The summed E-state index contributed by atoms with van der Waals surface area (Å²) in [5, 5.41) is 6.23. The summed E-state index contributed by atoms with van der Waals surface area (Å²) in [7, 11) is -1.98. The number of nitrogens with two attached hydrogens (primary N) is 1. The van der Waals surface area contributed by atoms with Gasteiger partial charge >= 0.3 is 0 Å². The minimum absolute atomic E-state index is 0.0335. The minimum atomic E-state index is -3.46. The predicted octanol–water partition coefficient (Wildman–Crippen LogP) is 2.56. The van der Waals surface area contributed by atoms with Gasteiger partial charge in [0.1, 0.15) is 11.6 Å². The number of aromatic nitrogens is 2. The molecule has 4 rings (SSSR count). The van der Waals surface area contributed by atoms with Crippen molar-refractivity contribution in [2.45, 2.75) is 19.4 Å². The van der Waals surface area contributed by atoms with Gasteiger partial charge < -0.3 is 21.3 Å². The molecular formula is C25H29N7O4S. The van der Waals surface area contributed by atoms with Crippen LogP contribution in [-0.2, 0) is 16.6 Å². The van der Waals surface area contributed by atoms with E-state index < -0.39 is 15.9 Å².